The van der Waals surface area contributed by atoms with Crippen molar-refractivity contribution in [2.75, 3.05) is 13.7 Å². The van der Waals surface area contributed by atoms with Crippen LogP contribution in [0.15, 0.2) is 18.2 Å². The predicted octanol–water partition coefficient (Wildman–Crippen LogP) is 3.99. The van der Waals surface area contributed by atoms with Gasteiger partial charge in [-0.05, 0) is 24.1 Å². The van der Waals surface area contributed by atoms with Crippen LogP contribution in [0, 0.1) is 0 Å². The highest BCUT2D eigenvalue weighted by Gasteiger charge is 2.14. The summed E-state index contributed by atoms with van der Waals surface area (Å²) in [7, 11) is 1.58. The van der Waals surface area contributed by atoms with E-state index >= 15 is 0 Å². The summed E-state index contributed by atoms with van der Waals surface area (Å²) < 4.78 is 4.90. The highest BCUT2D eigenvalue weighted by molar-refractivity contribution is 6.42. The quantitative estimate of drug-likeness (QED) is 0.827. The molecule has 0 radical (unpaired) electrons. The average molecular weight is 304 g/mol. The summed E-state index contributed by atoms with van der Waals surface area (Å²) in [6.07, 6.45) is 2.18. The Bertz CT molecular complexity index is 424. The Kier molecular flexibility index (Phi) is 7.21. The van der Waals surface area contributed by atoms with E-state index in [-0.39, 0.29) is 11.9 Å². The molecule has 1 rings (SSSR count). The lowest BCUT2D eigenvalue weighted by Gasteiger charge is -2.19. The number of halogens is 2. The normalized spacial score (nSPS) is 12.2. The minimum Gasteiger partial charge on any atom is -0.384 e. The van der Waals surface area contributed by atoms with Gasteiger partial charge in [0, 0.05) is 13.5 Å². The number of hydrogen-bond donors (Lipinski definition) is 1. The van der Waals surface area contributed by atoms with Crippen molar-refractivity contribution >= 4 is 29.1 Å². The van der Waals surface area contributed by atoms with E-state index in [4.69, 9.17) is 27.9 Å². The van der Waals surface area contributed by atoms with Gasteiger partial charge in [-0.25, -0.2) is 0 Å². The molecule has 1 unspecified atom stereocenters. The van der Waals surface area contributed by atoms with Gasteiger partial charge < -0.3 is 10.1 Å². The molecule has 0 aromatic heterocycles. The summed E-state index contributed by atoms with van der Waals surface area (Å²) in [5.41, 5.74) is 0.974. The fourth-order valence-electron chi connectivity index (χ4n) is 1.80. The van der Waals surface area contributed by atoms with Crippen LogP contribution in [0.25, 0.3) is 0 Å². The smallest absolute Gasteiger partial charge is 0.222 e. The van der Waals surface area contributed by atoms with Gasteiger partial charge in [-0.3, -0.25) is 4.79 Å². The Hall–Kier alpha value is -0.770. The van der Waals surface area contributed by atoms with Crippen LogP contribution >= 0.6 is 23.2 Å². The third-order valence-corrected chi connectivity index (χ3v) is 3.53. The summed E-state index contributed by atoms with van der Waals surface area (Å²) >= 11 is 11.9. The lowest BCUT2D eigenvalue weighted by atomic mass is 10.0. The molecule has 0 bridgehead atoms. The van der Waals surface area contributed by atoms with E-state index in [0.29, 0.717) is 23.1 Å². The van der Waals surface area contributed by atoms with E-state index in [1.165, 1.54) is 0 Å². The second-order valence-electron chi connectivity index (χ2n) is 4.33. The molecule has 1 N–H and O–H groups in total. The summed E-state index contributed by atoms with van der Waals surface area (Å²) in [6, 6.07) is 5.42. The maximum Gasteiger partial charge on any atom is 0.222 e. The topological polar surface area (TPSA) is 38.3 Å². The van der Waals surface area contributed by atoms with Crippen LogP contribution in [0.1, 0.15) is 37.8 Å². The second kappa shape index (κ2) is 8.41. The van der Waals surface area contributed by atoms with E-state index in [1.807, 2.05) is 6.07 Å². The molecule has 0 saturated heterocycles. The molecule has 1 atom stereocenters. The Morgan fingerprint density at radius 3 is 2.68 bits per heavy atom. The molecule has 1 amide bonds. The highest BCUT2D eigenvalue weighted by atomic mass is 35.5. The summed E-state index contributed by atoms with van der Waals surface area (Å²) in [5, 5.41) is 4.02. The molecule has 0 aliphatic heterocycles. The van der Waals surface area contributed by atoms with Gasteiger partial charge in [0.2, 0.25) is 5.91 Å². The van der Waals surface area contributed by atoms with Gasteiger partial charge in [0.25, 0.3) is 0 Å². The van der Waals surface area contributed by atoms with Crippen LogP contribution in [0.3, 0.4) is 0 Å². The number of rotatable bonds is 7. The number of carbonyl (C=O) groups excluding carboxylic acids is 1. The molecule has 19 heavy (non-hydrogen) atoms. The molecule has 0 saturated carbocycles. The Balaban J connectivity index is 2.75. The zero-order valence-electron chi connectivity index (χ0n) is 11.2. The zero-order valence-corrected chi connectivity index (χ0v) is 12.7. The van der Waals surface area contributed by atoms with Gasteiger partial charge in [0.15, 0.2) is 0 Å². The number of benzene rings is 1. The first-order valence-electron chi connectivity index (χ1n) is 6.31. The van der Waals surface area contributed by atoms with Crippen molar-refractivity contribution < 1.29 is 9.53 Å². The molecular formula is C14H19Cl2NO2. The van der Waals surface area contributed by atoms with E-state index in [9.17, 15) is 4.79 Å². The van der Waals surface area contributed by atoms with E-state index in [1.54, 1.807) is 19.2 Å². The van der Waals surface area contributed by atoms with Crippen LogP contribution in [0.4, 0.5) is 0 Å². The third-order valence-electron chi connectivity index (χ3n) is 2.79. The number of nitrogens with one attached hydrogen (secondary N) is 1. The molecular weight excluding hydrogens is 285 g/mol. The van der Waals surface area contributed by atoms with Gasteiger partial charge in [0.05, 0.1) is 22.7 Å². The SMILES string of the molecule is CCCC(NC(=O)CCOC)c1ccc(Cl)c(Cl)c1. The molecule has 1 aromatic rings. The van der Waals surface area contributed by atoms with Crippen molar-refractivity contribution in [1.82, 2.24) is 5.32 Å². The zero-order chi connectivity index (χ0) is 14.3. The molecule has 0 aliphatic carbocycles. The number of hydrogen-bond acceptors (Lipinski definition) is 2. The first-order chi connectivity index (χ1) is 9.08. The maximum atomic E-state index is 11.8. The van der Waals surface area contributed by atoms with Crippen molar-refractivity contribution in [3.63, 3.8) is 0 Å². The van der Waals surface area contributed by atoms with E-state index in [0.717, 1.165) is 18.4 Å². The van der Waals surface area contributed by atoms with E-state index < -0.39 is 0 Å². The molecule has 1 aromatic carbocycles. The van der Waals surface area contributed by atoms with Crippen LogP contribution in [-0.2, 0) is 9.53 Å². The fraction of sp³-hybridized carbons (Fsp3) is 0.500. The maximum absolute atomic E-state index is 11.8. The lowest BCUT2D eigenvalue weighted by molar-refractivity contribution is -0.122. The number of amides is 1. The molecule has 5 heteroatoms. The summed E-state index contributed by atoms with van der Waals surface area (Å²) in [4.78, 5) is 11.8. The standard InChI is InChI=1S/C14H19Cl2NO2/c1-3-4-13(17-14(18)7-8-19-2)10-5-6-11(15)12(16)9-10/h5-6,9,13H,3-4,7-8H2,1-2H3,(H,17,18). The van der Waals surface area contributed by atoms with Crippen molar-refractivity contribution in [2.24, 2.45) is 0 Å². The highest BCUT2D eigenvalue weighted by Crippen LogP contribution is 2.27. The van der Waals surface area contributed by atoms with Crippen LogP contribution in [-0.4, -0.2) is 19.6 Å². The predicted molar refractivity (Wildman–Crippen MR) is 78.7 cm³/mol. The summed E-state index contributed by atoms with van der Waals surface area (Å²) in [6.45, 7) is 2.50. The van der Waals surface area contributed by atoms with Gasteiger partial charge in [-0.1, -0.05) is 42.6 Å². The molecule has 0 spiro atoms. The van der Waals surface area contributed by atoms with Gasteiger partial charge in [-0.15, -0.1) is 0 Å². The lowest BCUT2D eigenvalue weighted by Crippen LogP contribution is -2.29. The summed E-state index contributed by atoms with van der Waals surface area (Å²) in [5.74, 6) is -0.0219. The van der Waals surface area contributed by atoms with Crippen LogP contribution in [0.2, 0.25) is 10.0 Å². The Morgan fingerprint density at radius 1 is 1.37 bits per heavy atom. The van der Waals surface area contributed by atoms with Crippen LogP contribution < -0.4 is 5.32 Å². The minimum atomic E-state index is -0.0378. The molecule has 0 heterocycles. The second-order valence-corrected chi connectivity index (χ2v) is 5.14. The molecule has 3 nitrogen and oxygen atoms in total. The largest absolute Gasteiger partial charge is 0.384 e. The average Bonchev–Trinajstić information content (AvgIpc) is 2.39. The number of carbonyl (C=O) groups is 1. The Labute approximate surface area is 124 Å². The van der Waals surface area contributed by atoms with Crippen molar-refractivity contribution in [3.05, 3.63) is 33.8 Å². The monoisotopic (exact) mass is 303 g/mol. The van der Waals surface area contributed by atoms with Crippen LogP contribution in [0.5, 0.6) is 0 Å². The van der Waals surface area contributed by atoms with Gasteiger partial charge >= 0.3 is 0 Å². The van der Waals surface area contributed by atoms with Gasteiger partial charge in [-0.2, -0.15) is 0 Å². The fourth-order valence-corrected chi connectivity index (χ4v) is 2.11. The van der Waals surface area contributed by atoms with Crippen molar-refractivity contribution in [2.45, 2.75) is 32.2 Å². The van der Waals surface area contributed by atoms with E-state index in [2.05, 4.69) is 12.2 Å². The Morgan fingerprint density at radius 2 is 2.11 bits per heavy atom. The first kappa shape index (κ1) is 16.3. The molecule has 0 fully saturated rings. The number of methoxy groups -OCH3 is 1. The van der Waals surface area contributed by atoms with Gasteiger partial charge in [0.1, 0.15) is 0 Å². The molecule has 0 aliphatic rings. The third kappa shape index (κ3) is 5.39. The molecule has 106 valence electrons. The first-order valence-corrected chi connectivity index (χ1v) is 7.07. The minimum absolute atomic E-state index is 0.0219. The number of ether oxygens (including phenoxy) is 1. The van der Waals surface area contributed by atoms with Crippen molar-refractivity contribution in [1.29, 1.82) is 0 Å². The van der Waals surface area contributed by atoms with Crippen molar-refractivity contribution in [3.8, 4) is 0 Å².